The van der Waals surface area contributed by atoms with Gasteiger partial charge >= 0.3 is 0 Å². The maximum atomic E-state index is 12.8. The normalized spacial score (nSPS) is 18.6. The maximum absolute atomic E-state index is 12.8. The standard InChI is InChI=1S/C18H25N3O4/c1-24-15-6-5-14(17(19-15)25-2)18(23)20-10-7-13(8-11-20)12-21-9-3-4-16(21)22/h5-6,13H,3-4,7-12H2,1-2H3. The average molecular weight is 347 g/mol. The van der Waals surface area contributed by atoms with Gasteiger partial charge < -0.3 is 19.3 Å². The molecular formula is C18H25N3O4. The molecule has 2 aliphatic heterocycles. The zero-order chi connectivity index (χ0) is 17.8. The van der Waals surface area contributed by atoms with Gasteiger partial charge in [0, 0.05) is 38.7 Å². The van der Waals surface area contributed by atoms with Crippen LogP contribution in [0, 0.1) is 5.92 Å². The van der Waals surface area contributed by atoms with Crippen LogP contribution in [0.4, 0.5) is 0 Å². The van der Waals surface area contributed by atoms with Crippen LogP contribution in [0.1, 0.15) is 36.0 Å². The molecule has 25 heavy (non-hydrogen) atoms. The number of carbonyl (C=O) groups is 2. The number of amides is 2. The molecule has 0 N–H and O–H groups in total. The van der Waals surface area contributed by atoms with Crippen molar-refractivity contribution in [2.45, 2.75) is 25.7 Å². The highest BCUT2D eigenvalue weighted by molar-refractivity contribution is 5.96. The smallest absolute Gasteiger partial charge is 0.259 e. The molecule has 2 saturated heterocycles. The Hall–Kier alpha value is -2.31. The predicted molar refractivity (Wildman–Crippen MR) is 91.8 cm³/mol. The molecule has 3 rings (SSSR count). The summed E-state index contributed by atoms with van der Waals surface area (Å²) >= 11 is 0. The van der Waals surface area contributed by atoms with Gasteiger partial charge in [-0.1, -0.05) is 0 Å². The van der Waals surface area contributed by atoms with Crippen LogP contribution in [0.15, 0.2) is 12.1 Å². The molecule has 0 spiro atoms. The van der Waals surface area contributed by atoms with Crippen molar-refractivity contribution in [3.8, 4) is 11.8 Å². The highest BCUT2D eigenvalue weighted by Gasteiger charge is 2.29. The number of hydrogen-bond donors (Lipinski definition) is 0. The van der Waals surface area contributed by atoms with Gasteiger partial charge in [-0.05, 0) is 31.2 Å². The van der Waals surface area contributed by atoms with Crippen LogP contribution in [-0.4, -0.2) is 67.0 Å². The minimum Gasteiger partial charge on any atom is -0.481 e. The Bertz CT molecular complexity index is 641. The summed E-state index contributed by atoms with van der Waals surface area (Å²) in [6, 6.07) is 3.36. The maximum Gasteiger partial charge on any atom is 0.259 e. The van der Waals surface area contributed by atoms with Crippen molar-refractivity contribution >= 4 is 11.8 Å². The Labute approximate surface area is 147 Å². The topological polar surface area (TPSA) is 72.0 Å². The number of methoxy groups -OCH3 is 2. The van der Waals surface area contributed by atoms with E-state index in [1.165, 1.54) is 14.2 Å². The van der Waals surface area contributed by atoms with Gasteiger partial charge in [-0.2, -0.15) is 4.98 Å². The fraction of sp³-hybridized carbons (Fsp3) is 0.611. The molecule has 0 aliphatic carbocycles. The van der Waals surface area contributed by atoms with Crippen molar-refractivity contribution in [3.05, 3.63) is 17.7 Å². The van der Waals surface area contributed by atoms with Crippen molar-refractivity contribution in [1.29, 1.82) is 0 Å². The molecule has 1 aromatic heterocycles. The third kappa shape index (κ3) is 3.86. The van der Waals surface area contributed by atoms with Crippen LogP contribution in [0.5, 0.6) is 11.8 Å². The van der Waals surface area contributed by atoms with E-state index in [-0.39, 0.29) is 17.7 Å². The lowest BCUT2D eigenvalue weighted by Gasteiger charge is -2.34. The molecule has 2 fully saturated rings. The second-order valence-electron chi connectivity index (χ2n) is 6.59. The number of pyridine rings is 1. The third-order valence-corrected chi connectivity index (χ3v) is 5.02. The Morgan fingerprint density at radius 2 is 1.96 bits per heavy atom. The summed E-state index contributed by atoms with van der Waals surface area (Å²) in [6.45, 7) is 3.10. The second kappa shape index (κ2) is 7.72. The van der Waals surface area contributed by atoms with E-state index in [9.17, 15) is 9.59 Å². The first-order valence-corrected chi connectivity index (χ1v) is 8.78. The van der Waals surface area contributed by atoms with Crippen molar-refractivity contribution in [1.82, 2.24) is 14.8 Å². The van der Waals surface area contributed by atoms with E-state index in [4.69, 9.17) is 9.47 Å². The lowest BCUT2D eigenvalue weighted by Crippen LogP contribution is -2.42. The van der Waals surface area contributed by atoms with Gasteiger partial charge in [-0.25, -0.2) is 0 Å². The van der Waals surface area contributed by atoms with Gasteiger partial charge in [0.2, 0.25) is 17.7 Å². The van der Waals surface area contributed by atoms with E-state index in [1.54, 1.807) is 12.1 Å². The number of hydrogen-bond acceptors (Lipinski definition) is 5. The molecule has 0 saturated carbocycles. The Morgan fingerprint density at radius 3 is 2.56 bits per heavy atom. The van der Waals surface area contributed by atoms with E-state index >= 15 is 0 Å². The molecule has 0 unspecified atom stereocenters. The quantitative estimate of drug-likeness (QED) is 0.808. The Morgan fingerprint density at radius 1 is 1.20 bits per heavy atom. The highest BCUT2D eigenvalue weighted by Crippen LogP contribution is 2.25. The minimum atomic E-state index is -0.0669. The molecule has 2 amide bonds. The molecule has 136 valence electrons. The molecule has 0 radical (unpaired) electrons. The SMILES string of the molecule is COc1ccc(C(=O)N2CCC(CN3CCCC3=O)CC2)c(OC)n1. The Kier molecular flexibility index (Phi) is 5.40. The number of aromatic nitrogens is 1. The van der Waals surface area contributed by atoms with Gasteiger partial charge in [0.05, 0.1) is 14.2 Å². The highest BCUT2D eigenvalue weighted by atomic mass is 16.5. The number of likely N-dealkylation sites (tertiary alicyclic amines) is 2. The third-order valence-electron chi connectivity index (χ3n) is 5.02. The Balaban J connectivity index is 1.59. The number of piperidine rings is 1. The molecule has 7 nitrogen and oxygen atoms in total. The lowest BCUT2D eigenvalue weighted by molar-refractivity contribution is -0.128. The predicted octanol–water partition coefficient (Wildman–Crippen LogP) is 1.57. The van der Waals surface area contributed by atoms with E-state index in [2.05, 4.69) is 4.98 Å². The molecule has 0 bridgehead atoms. The first-order valence-electron chi connectivity index (χ1n) is 8.78. The van der Waals surface area contributed by atoms with Gasteiger partial charge in [-0.3, -0.25) is 9.59 Å². The number of carbonyl (C=O) groups excluding carboxylic acids is 2. The second-order valence-corrected chi connectivity index (χ2v) is 6.59. The average Bonchev–Trinajstić information content (AvgIpc) is 3.06. The van der Waals surface area contributed by atoms with Crippen LogP contribution >= 0.6 is 0 Å². The van der Waals surface area contributed by atoms with Gasteiger partial charge in [-0.15, -0.1) is 0 Å². The fourth-order valence-electron chi connectivity index (χ4n) is 3.55. The zero-order valence-corrected chi connectivity index (χ0v) is 14.9. The molecule has 7 heteroatoms. The van der Waals surface area contributed by atoms with Gasteiger partial charge in [0.25, 0.3) is 5.91 Å². The van der Waals surface area contributed by atoms with Crippen LogP contribution in [0.2, 0.25) is 0 Å². The van der Waals surface area contributed by atoms with Crippen molar-refractivity contribution in [3.63, 3.8) is 0 Å². The number of nitrogens with zero attached hydrogens (tertiary/aromatic N) is 3. The van der Waals surface area contributed by atoms with Crippen LogP contribution in [0.3, 0.4) is 0 Å². The van der Waals surface area contributed by atoms with Crippen molar-refractivity contribution in [2.24, 2.45) is 5.92 Å². The molecular weight excluding hydrogens is 322 g/mol. The van der Waals surface area contributed by atoms with E-state index in [1.807, 2.05) is 9.80 Å². The van der Waals surface area contributed by atoms with Gasteiger partial charge in [0.1, 0.15) is 5.56 Å². The van der Waals surface area contributed by atoms with E-state index in [0.29, 0.717) is 36.9 Å². The zero-order valence-electron chi connectivity index (χ0n) is 14.9. The first-order chi connectivity index (χ1) is 12.1. The summed E-state index contributed by atoms with van der Waals surface area (Å²) < 4.78 is 10.3. The summed E-state index contributed by atoms with van der Waals surface area (Å²) in [5.74, 6) is 1.38. The van der Waals surface area contributed by atoms with Gasteiger partial charge in [0.15, 0.2) is 0 Å². The fourth-order valence-corrected chi connectivity index (χ4v) is 3.55. The van der Waals surface area contributed by atoms with Crippen molar-refractivity contribution < 1.29 is 19.1 Å². The van der Waals surface area contributed by atoms with Crippen LogP contribution < -0.4 is 9.47 Å². The van der Waals surface area contributed by atoms with Crippen LogP contribution in [-0.2, 0) is 4.79 Å². The number of ether oxygens (including phenoxy) is 2. The largest absolute Gasteiger partial charge is 0.481 e. The number of rotatable bonds is 5. The van der Waals surface area contributed by atoms with Crippen molar-refractivity contribution in [2.75, 3.05) is 40.4 Å². The minimum absolute atomic E-state index is 0.0669. The monoisotopic (exact) mass is 347 g/mol. The molecule has 1 aromatic rings. The van der Waals surface area contributed by atoms with E-state index < -0.39 is 0 Å². The summed E-state index contributed by atoms with van der Waals surface area (Å²) in [7, 11) is 3.02. The molecule has 0 atom stereocenters. The lowest BCUT2D eigenvalue weighted by atomic mass is 9.95. The summed E-state index contributed by atoms with van der Waals surface area (Å²) in [5.41, 5.74) is 0.455. The molecule has 3 heterocycles. The van der Waals surface area contributed by atoms with Crippen LogP contribution in [0.25, 0.3) is 0 Å². The molecule has 2 aliphatic rings. The summed E-state index contributed by atoms with van der Waals surface area (Å²) in [4.78, 5) is 32.5. The van der Waals surface area contributed by atoms with E-state index in [0.717, 1.165) is 32.4 Å². The summed E-state index contributed by atoms with van der Waals surface area (Å²) in [6.07, 6.45) is 3.49. The summed E-state index contributed by atoms with van der Waals surface area (Å²) in [5, 5.41) is 0. The first kappa shape index (κ1) is 17.5. The molecule has 0 aromatic carbocycles.